The van der Waals surface area contributed by atoms with Crippen LogP contribution in [0, 0.1) is 20.9 Å². The fourth-order valence-electron chi connectivity index (χ4n) is 2.37. The third-order valence-electron chi connectivity index (χ3n) is 3.13. The van der Waals surface area contributed by atoms with Gasteiger partial charge in [-0.1, -0.05) is 53.7 Å². The zero-order chi connectivity index (χ0) is 18.5. The minimum absolute atomic E-state index is 0.0384. The molecule has 0 N–H and O–H groups in total. The number of ether oxygens (including phenoxy) is 1. The molecule has 0 unspecified atom stereocenters. The van der Waals surface area contributed by atoms with Crippen LogP contribution in [0.4, 0.5) is 10.5 Å². The number of nitro groups is 1. The molecule has 1 aromatic carbocycles. The molecule has 6 heteroatoms. The number of hydrogen-bond donors (Lipinski definition) is 0. The summed E-state index contributed by atoms with van der Waals surface area (Å²) in [6.45, 7) is 13.3. The number of nitro benzene ring substituents is 1. The van der Waals surface area contributed by atoms with Gasteiger partial charge in [0.2, 0.25) is 0 Å². The Hall–Kier alpha value is -2.11. The maximum absolute atomic E-state index is 12.5. The monoisotopic (exact) mass is 336 g/mol. The molecule has 0 saturated heterocycles. The van der Waals surface area contributed by atoms with Crippen LogP contribution in [-0.2, 0) is 11.3 Å². The number of para-hydroxylation sites is 1. The van der Waals surface area contributed by atoms with Crippen LogP contribution < -0.4 is 0 Å². The van der Waals surface area contributed by atoms with E-state index in [1.54, 1.807) is 23.1 Å². The van der Waals surface area contributed by atoms with Crippen molar-refractivity contribution >= 4 is 11.8 Å². The second-order valence-electron chi connectivity index (χ2n) is 8.42. The summed E-state index contributed by atoms with van der Waals surface area (Å²) < 4.78 is 5.36. The van der Waals surface area contributed by atoms with Crippen molar-refractivity contribution in [3.05, 3.63) is 39.9 Å². The largest absolute Gasteiger partial charge is 0.444 e. The van der Waals surface area contributed by atoms with Crippen LogP contribution in [0.3, 0.4) is 0 Å². The zero-order valence-electron chi connectivity index (χ0n) is 15.5. The van der Waals surface area contributed by atoms with Crippen LogP contribution in [-0.4, -0.2) is 29.0 Å². The summed E-state index contributed by atoms with van der Waals surface area (Å²) in [6.07, 6.45) is -0.446. The maximum atomic E-state index is 12.5. The molecule has 1 rings (SSSR count). The predicted molar refractivity (Wildman–Crippen MR) is 93.8 cm³/mol. The van der Waals surface area contributed by atoms with Gasteiger partial charge in [-0.15, -0.1) is 0 Å². The van der Waals surface area contributed by atoms with E-state index in [-0.39, 0.29) is 23.1 Å². The summed E-state index contributed by atoms with van der Waals surface area (Å²) in [6, 6.07) is 6.29. The number of amides is 1. The van der Waals surface area contributed by atoms with Gasteiger partial charge in [-0.3, -0.25) is 10.1 Å². The van der Waals surface area contributed by atoms with Gasteiger partial charge in [-0.05, 0) is 16.9 Å². The Labute approximate surface area is 143 Å². The van der Waals surface area contributed by atoms with Crippen molar-refractivity contribution in [1.82, 2.24) is 4.90 Å². The molecule has 0 fully saturated rings. The molecule has 0 radical (unpaired) electrons. The molecule has 24 heavy (non-hydrogen) atoms. The van der Waals surface area contributed by atoms with Gasteiger partial charge < -0.3 is 9.64 Å². The molecule has 1 amide bonds. The van der Waals surface area contributed by atoms with E-state index in [1.807, 2.05) is 0 Å². The topological polar surface area (TPSA) is 72.7 Å². The van der Waals surface area contributed by atoms with Crippen molar-refractivity contribution in [2.24, 2.45) is 10.8 Å². The molecule has 0 aromatic heterocycles. The Morgan fingerprint density at radius 3 is 2.04 bits per heavy atom. The van der Waals surface area contributed by atoms with Crippen molar-refractivity contribution in [3.8, 4) is 0 Å². The highest BCUT2D eigenvalue weighted by atomic mass is 16.6. The molecule has 0 heterocycles. The molecule has 0 aliphatic rings. The summed E-state index contributed by atoms with van der Waals surface area (Å²) in [4.78, 5) is 24.7. The van der Waals surface area contributed by atoms with E-state index in [1.165, 1.54) is 6.07 Å². The fourth-order valence-corrected chi connectivity index (χ4v) is 2.37. The van der Waals surface area contributed by atoms with E-state index in [9.17, 15) is 14.9 Å². The van der Waals surface area contributed by atoms with E-state index in [0.29, 0.717) is 18.7 Å². The van der Waals surface area contributed by atoms with Gasteiger partial charge in [0.1, 0.15) is 6.61 Å². The highest BCUT2D eigenvalue weighted by molar-refractivity contribution is 5.68. The molecule has 0 bridgehead atoms. The van der Waals surface area contributed by atoms with Crippen LogP contribution in [0.5, 0.6) is 0 Å². The van der Waals surface area contributed by atoms with Crippen LogP contribution in [0.2, 0.25) is 0 Å². The summed E-state index contributed by atoms with van der Waals surface area (Å²) >= 11 is 0. The number of carbonyl (C=O) groups is 1. The molecule has 134 valence electrons. The smallest absolute Gasteiger partial charge is 0.410 e. The lowest BCUT2D eigenvalue weighted by Crippen LogP contribution is -2.42. The second-order valence-corrected chi connectivity index (χ2v) is 8.42. The highest BCUT2D eigenvalue weighted by Gasteiger charge is 2.27. The number of rotatable bonds is 5. The fraction of sp³-hybridized carbons (Fsp3) is 0.611. The number of hydrogen-bond acceptors (Lipinski definition) is 4. The SMILES string of the molecule is CC(C)(C)CN(CC(C)(C)C)C(=O)OCc1ccccc1[N+](=O)[O-]. The minimum Gasteiger partial charge on any atom is -0.444 e. The maximum Gasteiger partial charge on any atom is 0.410 e. The molecule has 0 atom stereocenters. The molecule has 6 nitrogen and oxygen atoms in total. The molecule has 0 aliphatic heterocycles. The van der Waals surface area contributed by atoms with Gasteiger partial charge in [0, 0.05) is 19.2 Å². The average Bonchev–Trinajstić information content (AvgIpc) is 2.41. The van der Waals surface area contributed by atoms with Crippen molar-refractivity contribution in [3.63, 3.8) is 0 Å². The van der Waals surface area contributed by atoms with E-state index >= 15 is 0 Å². The summed E-state index contributed by atoms with van der Waals surface area (Å²) in [7, 11) is 0. The Morgan fingerprint density at radius 1 is 1.08 bits per heavy atom. The Bertz CT molecular complexity index is 569. The predicted octanol–water partition coefficient (Wildman–Crippen LogP) is 4.63. The summed E-state index contributed by atoms with van der Waals surface area (Å²) in [5.41, 5.74) is 0.220. The van der Waals surface area contributed by atoms with E-state index in [2.05, 4.69) is 41.5 Å². The van der Waals surface area contributed by atoms with Crippen LogP contribution in [0.25, 0.3) is 0 Å². The van der Waals surface area contributed by atoms with Gasteiger partial charge in [-0.2, -0.15) is 0 Å². The van der Waals surface area contributed by atoms with Gasteiger partial charge in [0.05, 0.1) is 10.5 Å². The van der Waals surface area contributed by atoms with Crippen LogP contribution in [0.15, 0.2) is 24.3 Å². The molecular weight excluding hydrogens is 308 g/mol. The first-order valence-electron chi connectivity index (χ1n) is 8.03. The first-order valence-corrected chi connectivity index (χ1v) is 8.03. The molecule has 0 saturated carbocycles. The van der Waals surface area contributed by atoms with E-state index < -0.39 is 11.0 Å². The summed E-state index contributed by atoms with van der Waals surface area (Å²) in [5, 5.41) is 11.0. The normalized spacial score (nSPS) is 11.9. The minimum atomic E-state index is -0.467. The first kappa shape index (κ1) is 19.9. The second kappa shape index (κ2) is 7.64. The van der Waals surface area contributed by atoms with Crippen molar-refractivity contribution in [2.75, 3.05) is 13.1 Å². The lowest BCUT2D eigenvalue weighted by molar-refractivity contribution is -0.385. The lowest BCUT2D eigenvalue weighted by atomic mass is 9.92. The van der Waals surface area contributed by atoms with Crippen molar-refractivity contribution in [1.29, 1.82) is 0 Å². The standard InChI is InChI=1S/C18H28N2O4/c1-17(2,3)12-19(13-18(4,5)6)16(21)24-11-14-9-7-8-10-15(14)20(22)23/h7-10H,11-13H2,1-6H3. The third kappa shape index (κ3) is 6.98. The van der Waals surface area contributed by atoms with E-state index in [0.717, 1.165) is 0 Å². The molecule has 0 aliphatic carbocycles. The first-order chi connectivity index (χ1) is 10.9. The lowest BCUT2D eigenvalue weighted by Gasteiger charge is -2.34. The number of benzene rings is 1. The average molecular weight is 336 g/mol. The van der Waals surface area contributed by atoms with E-state index in [4.69, 9.17) is 4.74 Å². The number of nitrogens with zero attached hydrogens (tertiary/aromatic N) is 2. The van der Waals surface area contributed by atoms with Gasteiger partial charge in [0.25, 0.3) is 5.69 Å². The van der Waals surface area contributed by atoms with Gasteiger partial charge >= 0.3 is 6.09 Å². The molecular formula is C18H28N2O4. The quantitative estimate of drug-likeness (QED) is 0.580. The van der Waals surface area contributed by atoms with Crippen molar-refractivity contribution < 1.29 is 14.5 Å². The number of carbonyl (C=O) groups excluding carboxylic acids is 1. The molecule has 1 aromatic rings. The van der Waals surface area contributed by atoms with Crippen molar-refractivity contribution in [2.45, 2.75) is 48.1 Å². The third-order valence-corrected chi connectivity index (χ3v) is 3.13. The summed E-state index contributed by atoms with van der Waals surface area (Å²) in [5.74, 6) is 0. The Morgan fingerprint density at radius 2 is 1.58 bits per heavy atom. The van der Waals surface area contributed by atoms with Crippen LogP contribution >= 0.6 is 0 Å². The van der Waals surface area contributed by atoms with Gasteiger partial charge in [0.15, 0.2) is 0 Å². The van der Waals surface area contributed by atoms with Crippen LogP contribution in [0.1, 0.15) is 47.1 Å². The highest BCUT2D eigenvalue weighted by Crippen LogP contribution is 2.23. The Kier molecular flexibility index (Phi) is 6.35. The molecule has 0 spiro atoms. The van der Waals surface area contributed by atoms with Gasteiger partial charge in [-0.25, -0.2) is 4.79 Å². The zero-order valence-corrected chi connectivity index (χ0v) is 15.5. The Balaban J connectivity index is 2.83.